The summed E-state index contributed by atoms with van der Waals surface area (Å²) in [5, 5.41) is 9.84. The van der Waals surface area contributed by atoms with Gasteiger partial charge in [0, 0.05) is 25.7 Å². The second-order valence-corrected chi connectivity index (χ2v) is 5.17. The first-order valence-corrected chi connectivity index (χ1v) is 6.84. The number of nitrogens with two attached hydrogens (primary N) is 1. The van der Waals surface area contributed by atoms with Crippen LogP contribution in [0.25, 0.3) is 0 Å². The molecule has 0 aromatic carbocycles. The Hall–Kier alpha value is -0.160. The minimum absolute atomic E-state index is 0.373. The molecule has 102 valence electrons. The van der Waals surface area contributed by atoms with Gasteiger partial charge in [-0.25, -0.2) is 0 Å². The summed E-state index contributed by atoms with van der Waals surface area (Å²) in [5.41, 5.74) is 5.93. The Morgan fingerprint density at radius 1 is 1.35 bits per heavy atom. The zero-order valence-electron chi connectivity index (χ0n) is 11.3. The second kappa shape index (κ2) is 8.03. The number of aliphatic hydroxyl groups excluding tert-OH is 1. The van der Waals surface area contributed by atoms with Gasteiger partial charge in [-0.1, -0.05) is 6.92 Å². The van der Waals surface area contributed by atoms with E-state index in [4.69, 9.17) is 10.5 Å². The van der Waals surface area contributed by atoms with Crippen LogP contribution in [-0.2, 0) is 4.74 Å². The molecule has 0 aliphatic heterocycles. The molecule has 0 bridgehead atoms. The first-order valence-electron chi connectivity index (χ1n) is 6.84. The molecule has 0 radical (unpaired) electrons. The Morgan fingerprint density at radius 3 is 2.53 bits per heavy atom. The first-order chi connectivity index (χ1) is 8.17. The van der Waals surface area contributed by atoms with Crippen LogP contribution in [0.3, 0.4) is 0 Å². The van der Waals surface area contributed by atoms with Crippen molar-refractivity contribution in [2.24, 2.45) is 5.73 Å². The number of hydrogen-bond acceptors (Lipinski definition) is 4. The van der Waals surface area contributed by atoms with Crippen LogP contribution in [-0.4, -0.2) is 55.0 Å². The van der Waals surface area contributed by atoms with Gasteiger partial charge in [0.1, 0.15) is 0 Å². The lowest BCUT2D eigenvalue weighted by molar-refractivity contribution is 0.0204. The maximum Gasteiger partial charge on any atom is 0.0900 e. The molecule has 3 N–H and O–H groups in total. The Balaban J connectivity index is 2.41. The van der Waals surface area contributed by atoms with Crippen LogP contribution in [0.4, 0.5) is 0 Å². The lowest BCUT2D eigenvalue weighted by Crippen LogP contribution is -2.45. The fourth-order valence-electron chi connectivity index (χ4n) is 2.69. The molecule has 4 heteroatoms. The standard InChI is InChI=1S/C13H28N2O2/c1-3-8-15(9-13(16)10-17-2)12-6-4-11(14)5-7-12/h11-13,16H,3-10,14H2,1-2H3. The van der Waals surface area contributed by atoms with Gasteiger partial charge in [-0.05, 0) is 38.6 Å². The SMILES string of the molecule is CCCN(CC(O)COC)C1CCC(N)CC1. The van der Waals surface area contributed by atoms with Crippen molar-refractivity contribution in [1.29, 1.82) is 0 Å². The number of aliphatic hydroxyl groups is 1. The normalized spacial score (nSPS) is 27.4. The van der Waals surface area contributed by atoms with E-state index in [1.165, 1.54) is 12.8 Å². The van der Waals surface area contributed by atoms with E-state index in [0.29, 0.717) is 18.7 Å². The predicted molar refractivity (Wildman–Crippen MR) is 70.0 cm³/mol. The maximum absolute atomic E-state index is 9.84. The van der Waals surface area contributed by atoms with Gasteiger partial charge in [0.2, 0.25) is 0 Å². The zero-order chi connectivity index (χ0) is 12.7. The number of hydrogen-bond donors (Lipinski definition) is 2. The van der Waals surface area contributed by atoms with Crippen molar-refractivity contribution < 1.29 is 9.84 Å². The lowest BCUT2D eigenvalue weighted by atomic mass is 9.90. The van der Waals surface area contributed by atoms with Gasteiger partial charge in [-0.15, -0.1) is 0 Å². The van der Waals surface area contributed by atoms with Crippen molar-refractivity contribution in [2.75, 3.05) is 26.8 Å². The van der Waals surface area contributed by atoms with Crippen molar-refractivity contribution in [2.45, 2.75) is 57.2 Å². The molecule has 0 aromatic rings. The molecule has 1 aliphatic rings. The predicted octanol–water partition coefficient (Wildman–Crippen LogP) is 0.976. The van der Waals surface area contributed by atoms with E-state index in [2.05, 4.69) is 11.8 Å². The molecule has 0 amide bonds. The van der Waals surface area contributed by atoms with E-state index in [9.17, 15) is 5.11 Å². The fourth-order valence-corrected chi connectivity index (χ4v) is 2.69. The van der Waals surface area contributed by atoms with Gasteiger partial charge in [-0.2, -0.15) is 0 Å². The molecular formula is C13H28N2O2. The summed E-state index contributed by atoms with van der Waals surface area (Å²) in [6.45, 7) is 4.39. The highest BCUT2D eigenvalue weighted by atomic mass is 16.5. The number of methoxy groups -OCH3 is 1. The smallest absolute Gasteiger partial charge is 0.0900 e. The topological polar surface area (TPSA) is 58.7 Å². The zero-order valence-corrected chi connectivity index (χ0v) is 11.3. The van der Waals surface area contributed by atoms with Gasteiger partial charge >= 0.3 is 0 Å². The molecule has 0 spiro atoms. The second-order valence-electron chi connectivity index (χ2n) is 5.17. The average Bonchev–Trinajstić information content (AvgIpc) is 2.30. The molecule has 17 heavy (non-hydrogen) atoms. The third-order valence-electron chi connectivity index (χ3n) is 3.57. The highest BCUT2D eigenvalue weighted by molar-refractivity contribution is 4.82. The van der Waals surface area contributed by atoms with Crippen LogP contribution in [0, 0.1) is 0 Å². The Morgan fingerprint density at radius 2 is 2.00 bits per heavy atom. The van der Waals surface area contributed by atoms with Gasteiger partial charge < -0.3 is 15.6 Å². The van der Waals surface area contributed by atoms with Crippen LogP contribution >= 0.6 is 0 Å². The van der Waals surface area contributed by atoms with Crippen molar-refractivity contribution in [3.8, 4) is 0 Å². The van der Waals surface area contributed by atoms with Gasteiger partial charge in [-0.3, -0.25) is 4.90 Å². The Labute approximate surface area is 105 Å². The monoisotopic (exact) mass is 244 g/mol. The van der Waals surface area contributed by atoms with E-state index in [1.54, 1.807) is 7.11 Å². The van der Waals surface area contributed by atoms with Crippen LogP contribution < -0.4 is 5.73 Å². The van der Waals surface area contributed by atoms with E-state index in [0.717, 1.165) is 32.4 Å². The number of ether oxygens (including phenoxy) is 1. The number of nitrogens with zero attached hydrogens (tertiary/aromatic N) is 1. The Kier molecular flexibility index (Phi) is 7.04. The molecule has 4 nitrogen and oxygen atoms in total. The van der Waals surface area contributed by atoms with Crippen LogP contribution in [0.15, 0.2) is 0 Å². The van der Waals surface area contributed by atoms with E-state index < -0.39 is 0 Å². The molecule has 0 aromatic heterocycles. The Bertz CT molecular complexity index is 194. The molecular weight excluding hydrogens is 216 g/mol. The molecule has 1 atom stereocenters. The number of rotatable bonds is 7. The summed E-state index contributed by atoms with van der Waals surface area (Å²) in [4.78, 5) is 2.41. The third kappa shape index (κ3) is 5.34. The van der Waals surface area contributed by atoms with Gasteiger partial charge in [0.15, 0.2) is 0 Å². The molecule has 0 heterocycles. The minimum atomic E-state index is -0.373. The van der Waals surface area contributed by atoms with E-state index >= 15 is 0 Å². The van der Waals surface area contributed by atoms with Crippen LogP contribution in [0.5, 0.6) is 0 Å². The summed E-state index contributed by atoms with van der Waals surface area (Å²) in [7, 11) is 1.63. The largest absolute Gasteiger partial charge is 0.389 e. The summed E-state index contributed by atoms with van der Waals surface area (Å²) >= 11 is 0. The van der Waals surface area contributed by atoms with Crippen LogP contribution in [0.1, 0.15) is 39.0 Å². The van der Waals surface area contributed by atoms with Gasteiger partial charge in [0.05, 0.1) is 12.7 Å². The molecule has 1 rings (SSSR count). The molecule has 1 unspecified atom stereocenters. The average molecular weight is 244 g/mol. The summed E-state index contributed by atoms with van der Waals surface area (Å²) < 4.78 is 4.99. The van der Waals surface area contributed by atoms with Crippen molar-refractivity contribution in [3.63, 3.8) is 0 Å². The fraction of sp³-hybridized carbons (Fsp3) is 1.00. The van der Waals surface area contributed by atoms with Crippen molar-refractivity contribution in [3.05, 3.63) is 0 Å². The summed E-state index contributed by atoms with van der Waals surface area (Å²) in [6, 6.07) is 0.986. The maximum atomic E-state index is 9.84. The van der Waals surface area contributed by atoms with Crippen molar-refractivity contribution in [1.82, 2.24) is 4.90 Å². The highest BCUT2D eigenvalue weighted by Crippen LogP contribution is 2.22. The van der Waals surface area contributed by atoms with E-state index in [-0.39, 0.29) is 6.10 Å². The van der Waals surface area contributed by atoms with Crippen molar-refractivity contribution >= 4 is 0 Å². The summed E-state index contributed by atoms with van der Waals surface area (Å²) in [6.07, 6.45) is 5.32. The third-order valence-corrected chi connectivity index (χ3v) is 3.57. The van der Waals surface area contributed by atoms with E-state index in [1.807, 2.05) is 0 Å². The van der Waals surface area contributed by atoms with Gasteiger partial charge in [0.25, 0.3) is 0 Å². The molecule has 0 saturated heterocycles. The van der Waals surface area contributed by atoms with Crippen LogP contribution in [0.2, 0.25) is 0 Å². The summed E-state index contributed by atoms with van der Waals surface area (Å²) in [5.74, 6) is 0. The molecule has 1 fully saturated rings. The highest BCUT2D eigenvalue weighted by Gasteiger charge is 2.25. The molecule has 1 saturated carbocycles. The molecule has 1 aliphatic carbocycles. The quantitative estimate of drug-likeness (QED) is 0.701. The first kappa shape index (κ1) is 14.9. The lowest BCUT2D eigenvalue weighted by Gasteiger charge is -2.37. The minimum Gasteiger partial charge on any atom is -0.389 e.